The van der Waals surface area contributed by atoms with E-state index in [1.165, 1.54) is 36.4 Å². The van der Waals surface area contributed by atoms with Crippen LogP contribution in [0.2, 0.25) is 0 Å². The summed E-state index contributed by atoms with van der Waals surface area (Å²) in [6, 6.07) is 17.6. The summed E-state index contributed by atoms with van der Waals surface area (Å²) in [5, 5.41) is 2.58. The number of amides is 2. The van der Waals surface area contributed by atoms with Crippen molar-refractivity contribution in [2.75, 3.05) is 16.8 Å². The minimum atomic E-state index is -0.702. The molecule has 8 nitrogen and oxygen atoms in total. The molecule has 0 bridgehead atoms. The van der Waals surface area contributed by atoms with Gasteiger partial charge in [-0.25, -0.2) is 14.5 Å². The number of hydrogen-bond acceptors (Lipinski definition) is 7. The lowest BCUT2D eigenvalue weighted by atomic mass is 10.1. The molecule has 188 valence electrons. The summed E-state index contributed by atoms with van der Waals surface area (Å²) in [4.78, 5) is 51.1. The van der Waals surface area contributed by atoms with E-state index in [2.05, 4.69) is 5.32 Å². The maximum atomic E-state index is 13.0. The van der Waals surface area contributed by atoms with Crippen LogP contribution < -0.4 is 15.0 Å². The summed E-state index contributed by atoms with van der Waals surface area (Å²) in [7, 11) is 0. The highest BCUT2D eigenvalue weighted by Crippen LogP contribution is 2.30. The van der Waals surface area contributed by atoms with Crippen molar-refractivity contribution < 1.29 is 28.7 Å². The smallest absolute Gasteiger partial charge is 0.343 e. The van der Waals surface area contributed by atoms with Crippen LogP contribution in [0.3, 0.4) is 0 Å². The average Bonchev–Trinajstić information content (AvgIpc) is 3.09. The molecule has 0 saturated carbocycles. The Morgan fingerprint density at radius 2 is 1.49 bits per heavy atom. The highest BCUT2D eigenvalue weighted by Gasteiger charge is 2.39. The first kappa shape index (κ1) is 25.7. The summed E-state index contributed by atoms with van der Waals surface area (Å²) < 4.78 is 10.4. The number of nitrogens with one attached hydrogen (secondary N) is 1. The maximum Gasteiger partial charge on any atom is 0.343 e. The van der Waals surface area contributed by atoms with Crippen LogP contribution in [0.5, 0.6) is 5.75 Å². The van der Waals surface area contributed by atoms with Gasteiger partial charge in [-0.15, -0.1) is 0 Å². The minimum absolute atomic E-state index is 0.105. The number of aryl methyl sites for hydroxylation is 2. The van der Waals surface area contributed by atoms with E-state index in [-0.39, 0.29) is 23.0 Å². The lowest BCUT2D eigenvalue weighted by molar-refractivity contribution is -0.120. The first-order chi connectivity index (χ1) is 17.7. The van der Waals surface area contributed by atoms with E-state index in [4.69, 9.17) is 21.1 Å². The summed E-state index contributed by atoms with van der Waals surface area (Å²) in [6.07, 6.45) is 0. The Bertz CT molecular complexity index is 1430. The van der Waals surface area contributed by atoms with Gasteiger partial charge < -0.3 is 14.8 Å². The largest absolute Gasteiger partial charge is 0.462 e. The fourth-order valence-electron chi connectivity index (χ4n) is 3.71. The number of carbonyl (C=O) groups is 4. The molecule has 0 unspecified atom stereocenters. The lowest BCUT2D eigenvalue weighted by Crippen LogP contribution is -2.32. The minimum Gasteiger partial charge on any atom is -0.462 e. The molecule has 0 aromatic heterocycles. The molecular weight excluding hydrogens is 496 g/mol. The molecule has 0 radical (unpaired) electrons. The van der Waals surface area contributed by atoms with Gasteiger partial charge in [-0.05, 0) is 80.9 Å². The van der Waals surface area contributed by atoms with Crippen LogP contribution in [0.1, 0.15) is 38.8 Å². The molecule has 0 aliphatic carbocycles. The molecule has 2 amide bonds. The molecule has 0 fully saturated rings. The van der Waals surface area contributed by atoms with Crippen LogP contribution in [-0.2, 0) is 14.3 Å². The van der Waals surface area contributed by atoms with Crippen LogP contribution in [0.25, 0.3) is 0 Å². The van der Waals surface area contributed by atoms with Gasteiger partial charge in [-0.1, -0.05) is 29.3 Å². The van der Waals surface area contributed by atoms with Gasteiger partial charge >= 0.3 is 11.9 Å². The Morgan fingerprint density at radius 3 is 2.11 bits per heavy atom. The predicted molar refractivity (Wildman–Crippen MR) is 139 cm³/mol. The maximum absolute atomic E-state index is 13.0. The first-order valence-electron chi connectivity index (χ1n) is 11.4. The molecule has 37 heavy (non-hydrogen) atoms. The average molecular weight is 519 g/mol. The predicted octanol–water partition coefficient (Wildman–Crippen LogP) is 5.14. The topological polar surface area (TPSA) is 102 Å². The number of imide groups is 1. The molecule has 3 aromatic carbocycles. The zero-order chi connectivity index (χ0) is 26.7. The van der Waals surface area contributed by atoms with E-state index < -0.39 is 23.8 Å². The van der Waals surface area contributed by atoms with Crippen molar-refractivity contribution in [1.82, 2.24) is 0 Å². The number of anilines is 2. The number of rotatable bonds is 7. The molecule has 4 rings (SSSR count). The number of carbonyl (C=O) groups excluding carboxylic acids is 4. The standard InChI is InChI=1S/C28H23ClN2O6/c1-4-36-27(34)18-8-12-21(13-9-18)31-25(32)23(29)24(26(31)33)30-20-10-6-19(7-11-20)28(35)37-22-14-5-16(2)15-17(22)3/h5-15,30H,4H2,1-3H3. The molecule has 1 heterocycles. The molecule has 1 aliphatic rings. The van der Waals surface area contributed by atoms with Crippen molar-refractivity contribution in [3.8, 4) is 5.75 Å². The van der Waals surface area contributed by atoms with Crippen molar-refractivity contribution in [2.45, 2.75) is 20.8 Å². The first-order valence-corrected chi connectivity index (χ1v) is 11.8. The quantitative estimate of drug-likeness (QED) is 0.262. The van der Waals surface area contributed by atoms with Crippen LogP contribution in [-0.4, -0.2) is 30.4 Å². The Hall–Kier alpha value is -4.43. The third kappa shape index (κ3) is 5.39. The summed E-state index contributed by atoms with van der Waals surface area (Å²) in [6.45, 7) is 5.74. The summed E-state index contributed by atoms with van der Waals surface area (Å²) >= 11 is 6.20. The second-order valence-electron chi connectivity index (χ2n) is 8.26. The zero-order valence-corrected chi connectivity index (χ0v) is 21.1. The lowest BCUT2D eigenvalue weighted by Gasteiger charge is -2.15. The second kappa shape index (κ2) is 10.7. The fraction of sp³-hybridized carbons (Fsp3) is 0.143. The Balaban J connectivity index is 1.46. The number of nitrogens with zero attached hydrogens (tertiary/aromatic N) is 1. The van der Waals surface area contributed by atoms with Gasteiger partial charge in [0.25, 0.3) is 11.8 Å². The Labute approximate surface area is 218 Å². The molecule has 0 atom stereocenters. The zero-order valence-electron chi connectivity index (χ0n) is 20.3. The molecule has 0 spiro atoms. The van der Waals surface area contributed by atoms with Crippen LogP contribution in [0.15, 0.2) is 77.5 Å². The van der Waals surface area contributed by atoms with Gasteiger partial charge in [-0.2, -0.15) is 0 Å². The molecule has 1 aliphatic heterocycles. The summed E-state index contributed by atoms with van der Waals surface area (Å²) in [5.41, 5.74) is 3.10. The number of hydrogen-bond donors (Lipinski definition) is 1. The SMILES string of the molecule is CCOC(=O)c1ccc(N2C(=O)C(Cl)=C(Nc3ccc(C(=O)Oc4ccc(C)cc4C)cc3)C2=O)cc1. The van der Waals surface area contributed by atoms with Gasteiger partial charge in [0.05, 0.1) is 23.4 Å². The highest BCUT2D eigenvalue weighted by molar-refractivity contribution is 6.53. The van der Waals surface area contributed by atoms with E-state index in [0.717, 1.165) is 16.0 Å². The van der Waals surface area contributed by atoms with Crippen molar-refractivity contribution in [3.63, 3.8) is 0 Å². The Morgan fingerprint density at radius 1 is 0.865 bits per heavy atom. The van der Waals surface area contributed by atoms with E-state index in [0.29, 0.717) is 22.6 Å². The van der Waals surface area contributed by atoms with Gasteiger partial charge in [0.1, 0.15) is 16.5 Å². The third-order valence-corrected chi connectivity index (χ3v) is 5.94. The van der Waals surface area contributed by atoms with Gasteiger partial charge in [-0.3, -0.25) is 9.59 Å². The van der Waals surface area contributed by atoms with Crippen LogP contribution in [0.4, 0.5) is 11.4 Å². The van der Waals surface area contributed by atoms with E-state index >= 15 is 0 Å². The van der Waals surface area contributed by atoms with E-state index in [9.17, 15) is 19.2 Å². The second-order valence-corrected chi connectivity index (χ2v) is 8.64. The monoisotopic (exact) mass is 518 g/mol. The van der Waals surface area contributed by atoms with Gasteiger partial charge in [0.2, 0.25) is 0 Å². The number of benzene rings is 3. The Kier molecular flexibility index (Phi) is 7.40. The van der Waals surface area contributed by atoms with Crippen LogP contribution in [0, 0.1) is 13.8 Å². The van der Waals surface area contributed by atoms with E-state index in [1.807, 2.05) is 26.0 Å². The fourth-order valence-corrected chi connectivity index (χ4v) is 3.93. The van der Waals surface area contributed by atoms with Gasteiger partial charge in [0, 0.05) is 5.69 Å². The number of esters is 2. The molecular formula is C28H23ClN2O6. The molecule has 3 aromatic rings. The van der Waals surface area contributed by atoms with Crippen LogP contribution >= 0.6 is 11.6 Å². The normalized spacial score (nSPS) is 13.1. The highest BCUT2D eigenvalue weighted by atomic mass is 35.5. The van der Waals surface area contributed by atoms with Crippen molar-refractivity contribution in [2.24, 2.45) is 0 Å². The molecule has 0 saturated heterocycles. The van der Waals surface area contributed by atoms with E-state index in [1.54, 1.807) is 25.1 Å². The van der Waals surface area contributed by atoms with Crippen molar-refractivity contribution in [1.29, 1.82) is 0 Å². The van der Waals surface area contributed by atoms with Crippen molar-refractivity contribution >= 4 is 46.7 Å². The van der Waals surface area contributed by atoms with Crippen molar-refractivity contribution in [3.05, 3.63) is 99.7 Å². The molecule has 1 N–H and O–H groups in total. The summed E-state index contributed by atoms with van der Waals surface area (Å²) in [5.74, 6) is -1.92. The number of halogens is 1. The van der Waals surface area contributed by atoms with Gasteiger partial charge in [0.15, 0.2) is 0 Å². The third-order valence-electron chi connectivity index (χ3n) is 5.59. The number of ether oxygens (including phenoxy) is 2. The molecule has 9 heteroatoms.